The van der Waals surface area contributed by atoms with Crippen LogP contribution in [-0.4, -0.2) is 17.7 Å². The molecule has 0 unspecified atom stereocenters. The number of nitrogens with one attached hydrogen (secondary N) is 1. The van der Waals surface area contributed by atoms with Gasteiger partial charge in [-0.3, -0.25) is 4.99 Å². The van der Waals surface area contributed by atoms with E-state index in [0.29, 0.717) is 6.54 Å². The third-order valence-electron chi connectivity index (χ3n) is 4.13. The Hall–Kier alpha value is -2.94. The number of rotatable bonds is 2. The van der Waals surface area contributed by atoms with Crippen molar-refractivity contribution in [2.45, 2.75) is 6.54 Å². The van der Waals surface area contributed by atoms with Crippen LogP contribution in [0, 0.1) is 0 Å². The number of hydrogen-bond donors (Lipinski definition) is 1. The molecule has 0 saturated heterocycles. The molecule has 4 rings (SSSR count). The summed E-state index contributed by atoms with van der Waals surface area (Å²) in [7, 11) is 1.89. The molecule has 3 heteroatoms. The molecule has 112 valence electrons. The molecule has 0 fully saturated rings. The first-order chi connectivity index (χ1) is 11.4. The van der Waals surface area contributed by atoms with Crippen molar-refractivity contribution in [1.82, 2.24) is 4.98 Å². The van der Waals surface area contributed by atoms with Gasteiger partial charge in [-0.05, 0) is 6.07 Å². The van der Waals surface area contributed by atoms with Crippen LogP contribution in [0.25, 0.3) is 11.3 Å². The van der Waals surface area contributed by atoms with E-state index < -0.39 is 0 Å². The van der Waals surface area contributed by atoms with Gasteiger partial charge in [0.05, 0.1) is 18.0 Å². The van der Waals surface area contributed by atoms with E-state index in [0.717, 1.165) is 39.5 Å². The molecule has 1 aliphatic heterocycles. The standard InChI is InChI=1S/C20H17N3/c1-21-18-12-11-15-13-22-19(14-7-3-2-4-8-14)16-9-5-6-10-17(16)20(15)23-18/h2-12H,13H2,1H3,(H,21,23). The van der Waals surface area contributed by atoms with E-state index in [-0.39, 0.29) is 0 Å². The molecule has 3 aromatic rings. The quantitative estimate of drug-likeness (QED) is 0.772. The smallest absolute Gasteiger partial charge is 0.126 e. The number of benzene rings is 2. The van der Waals surface area contributed by atoms with Gasteiger partial charge in [0.1, 0.15) is 5.82 Å². The van der Waals surface area contributed by atoms with Gasteiger partial charge < -0.3 is 5.32 Å². The van der Waals surface area contributed by atoms with Crippen LogP contribution in [0.1, 0.15) is 16.7 Å². The van der Waals surface area contributed by atoms with E-state index in [1.807, 2.05) is 19.2 Å². The van der Waals surface area contributed by atoms with Crippen molar-refractivity contribution in [3.05, 3.63) is 83.4 Å². The lowest BCUT2D eigenvalue weighted by Gasteiger charge is -2.11. The summed E-state index contributed by atoms with van der Waals surface area (Å²) in [6, 6.07) is 22.8. The third kappa shape index (κ3) is 2.40. The molecule has 2 aromatic carbocycles. The van der Waals surface area contributed by atoms with E-state index in [1.165, 1.54) is 0 Å². The fourth-order valence-corrected chi connectivity index (χ4v) is 2.98. The topological polar surface area (TPSA) is 37.3 Å². The van der Waals surface area contributed by atoms with Crippen LogP contribution in [0.5, 0.6) is 0 Å². The van der Waals surface area contributed by atoms with Gasteiger partial charge in [0.15, 0.2) is 0 Å². The van der Waals surface area contributed by atoms with Gasteiger partial charge in [-0.15, -0.1) is 0 Å². The highest BCUT2D eigenvalue weighted by molar-refractivity contribution is 6.16. The second kappa shape index (κ2) is 5.69. The van der Waals surface area contributed by atoms with E-state index in [9.17, 15) is 0 Å². The highest BCUT2D eigenvalue weighted by atomic mass is 15.0. The number of hydrogen-bond acceptors (Lipinski definition) is 3. The Balaban J connectivity index is 1.96. The van der Waals surface area contributed by atoms with E-state index in [4.69, 9.17) is 9.98 Å². The zero-order valence-corrected chi connectivity index (χ0v) is 13.0. The van der Waals surface area contributed by atoms with E-state index in [2.05, 4.69) is 59.9 Å². The molecule has 0 bridgehead atoms. The Bertz CT molecular complexity index is 882. The first-order valence-corrected chi connectivity index (χ1v) is 7.74. The first kappa shape index (κ1) is 13.7. The molecule has 0 atom stereocenters. The molecule has 3 nitrogen and oxygen atoms in total. The zero-order chi connectivity index (χ0) is 15.6. The van der Waals surface area contributed by atoms with Crippen LogP contribution in [-0.2, 0) is 6.54 Å². The highest BCUT2D eigenvalue weighted by Crippen LogP contribution is 2.32. The molecule has 0 saturated carbocycles. The lowest BCUT2D eigenvalue weighted by molar-refractivity contribution is 1.06. The van der Waals surface area contributed by atoms with Crippen LogP contribution < -0.4 is 5.32 Å². The number of nitrogens with zero attached hydrogens (tertiary/aromatic N) is 2. The average molecular weight is 299 g/mol. The summed E-state index contributed by atoms with van der Waals surface area (Å²) < 4.78 is 0. The Morgan fingerprint density at radius 1 is 0.826 bits per heavy atom. The van der Waals surface area contributed by atoms with Crippen molar-refractivity contribution < 1.29 is 0 Å². The minimum absolute atomic E-state index is 0.644. The lowest BCUT2D eigenvalue weighted by Crippen LogP contribution is -2.04. The molecule has 0 amide bonds. The van der Waals surface area contributed by atoms with Crippen LogP contribution in [0.4, 0.5) is 5.82 Å². The molecule has 0 aliphatic carbocycles. The molecular weight excluding hydrogens is 282 g/mol. The molecule has 1 aliphatic rings. The van der Waals surface area contributed by atoms with Gasteiger partial charge in [0.25, 0.3) is 0 Å². The first-order valence-electron chi connectivity index (χ1n) is 7.74. The Kier molecular flexibility index (Phi) is 3.39. The van der Waals surface area contributed by atoms with Gasteiger partial charge in [-0.25, -0.2) is 4.98 Å². The molecule has 2 heterocycles. The van der Waals surface area contributed by atoms with Crippen molar-refractivity contribution >= 4 is 11.5 Å². The Labute approximate surface area is 135 Å². The van der Waals surface area contributed by atoms with Gasteiger partial charge in [-0.1, -0.05) is 60.7 Å². The van der Waals surface area contributed by atoms with Gasteiger partial charge in [-0.2, -0.15) is 0 Å². The maximum absolute atomic E-state index is 4.89. The zero-order valence-electron chi connectivity index (χ0n) is 13.0. The van der Waals surface area contributed by atoms with Crippen molar-refractivity contribution in [3.8, 4) is 11.3 Å². The number of fused-ring (bicyclic) bond motifs is 3. The van der Waals surface area contributed by atoms with Crippen molar-refractivity contribution in [3.63, 3.8) is 0 Å². The maximum atomic E-state index is 4.89. The summed E-state index contributed by atoms with van der Waals surface area (Å²) in [5.41, 5.74) is 6.62. The van der Waals surface area contributed by atoms with E-state index >= 15 is 0 Å². The van der Waals surface area contributed by atoms with E-state index in [1.54, 1.807) is 0 Å². The molecular formula is C20H17N3. The molecule has 23 heavy (non-hydrogen) atoms. The molecule has 0 radical (unpaired) electrons. The second-order valence-electron chi connectivity index (χ2n) is 5.53. The number of anilines is 1. The van der Waals surface area contributed by atoms with Crippen molar-refractivity contribution in [1.29, 1.82) is 0 Å². The third-order valence-corrected chi connectivity index (χ3v) is 4.13. The fraction of sp³-hybridized carbons (Fsp3) is 0.100. The van der Waals surface area contributed by atoms with Crippen molar-refractivity contribution in [2.24, 2.45) is 4.99 Å². The summed E-state index contributed by atoms with van der Waals surface area (Å²) in [5, 5.41) is 3.12. The monoisotopic (exact) mass is 299 g/mol. The summed E-state index contributed by atoms with van der Waals surface area (Å²) >= 11 is 0. The summed E-state index contributed by atoms with van der Waals surface area (Å²) in [4.78, 5) is 9.66. The maximum Gasteiger partial charge on any atom is 0.126 e. The van der Waals surface area contributed by atoms with Crippen molar-refractivity contribution in [2.75, 3.05) is 12.4 Å². The lowest BCUT2D eigenvalue weighted by atomic mass is 9.95. The highest BCUT2D eigenvalue weighted by Gasteiger charge is 2.19. The fourth-order valence-electron chi connectivity index (χ4n) is 2.98. The number of pyridine rings is 1. The van der Waals surface area contributed by atoms with Gasteiger partial charge in [0, 0.05) is 29.3 Å². The second-order valence-corrected chi connectivity index (χ2v) is 5.53. The minimum Gasteiger partial charge on any atom is -0.373 e. The summed E-state index contributed by atoms with van der Waals surface area (Å²) in [5.74, 6) is 0.877. The molecule has 0 spiro atoms. The summed E-state index contributed by atoms with van der Waals surface area (Å²) in [6.45, 7) is 0.644. The normalized spacial score (nSPS) is 12.7. The number of aliphatic imine (C=N–C) groups is 1. The predicted molar refractivity (Wildman–Crippen MR) is 95.0 cm³/mol. The Morgan fingerprint density at radius 3 is 2.35 bits per heavy atom. The van der Waals surface area contributed by atoms with Gasteiger partial charge >= 0.3 is 0 Å². The molecule has 1 aromatic heterocycles. The van der Waals surface area contributed by atoms with Gasteiger partial charge in [0.2, 0.25) is 0 Å². The predicted octanol–water partition coefficient (Wildman–Crippen LogP) is 4.14. The molecule has 1 N–H and O–H groups in total. The van der Waals surface area contributed by atoms with Crippen LogP contribution in [0.3, 0.4) is 0 Å². The van der Waals surface area contributed by atoms with Crippen LogP contribution >= 0.6 is 0 Å². The largest absolute Gasteiger partial charge is 0.373 e. The van der Waals surface area contributed by atoms with Crippen LogP contribution in [0.2, 0.25) is 0 Å². The number of aromatic nitrogens is 1. The minimum atomic E-state index is 0.644. The Morgan fingerprint density at radius 2 is 1.57 bits per heavy atom. The average Bonchev–Trinajstić information content (AvgIpc) is 2.79. The summed E-state index contributed by atoms with van der Waals surface area (Å²) in [6.07, 6.45) is 0. The SMILES string of the molecule is CNc1ccc2c(n1)-c1ccccc1C(c1ccccc1)=NC2. The van der Waals surface area contributed by atoms with Crippen LogP contribution in [0.15, 0.2) is 71.7 Å².